The van der Waals surface area contributed by atoms with E-state index in [0.717, 1.165) is 4.90 Å². The van der Waals surface area contributed by atoms with Gasteiger partial charge in [0.25, 0.3) is 0 Å². The molecule has 2 unspecified atom stereocenters. The number of nitrogens with one attached hydrogen (secondary N) is 1. The molecule has 3 rings (SSSR count). The van der Waals surface area contributed by atoms with Gasteiger partial charge in [0, 0.05) is 17.2 Å². The fraction of sp³-hybridized carbons (Fsp3) is 0.600. The fourth-order valence-corrected chi connectivity index (χ4v) is 5.30. The maximum atomic E-state index is 12.6. The number of thioether (sulfide) groups is 1. The molecular formula is C20H30N2O5SSi. The Morgan fingerprint density at radius 3 is 2.76 bits per heavy atom. The van der Waals surface area contributed by atoms with Crippen LogP contribution in [0.2, 0.25) is 18.1 Å². The van der Waals surface area contributed by atoms with Crippen molar-refractivity contribution in [3.8, 4) is 0 Å². The van der Waals surface area contributed by atoms with E-state index in [4.69, 9.17) is 9.16 Å². The van der Waals surface area contributed by atoms with E-state index in [1.54, 1.807) is 11.0 Å². The Labute approximate surface area is 177 Å². The lowest BCUT2D eigenvalue weighted by molar-refractivity contribution is -0.113. The van der Waals surface area contributed by atoms with Gasteiger partial charge < -0.3 is 19.6 Å². The molecule has 2 amide bonds. The fourth-order valence-electron chi connectivity index (χ4n) is 3.13. The van der Waals surface area contributed by atoms with Crippen molar-refractivity contribution in [3.05, 3.63) is 18.2 Å². The van der Waals surface area contributed by atoms with Gasteiger partial charge in [0.05, 0.1) is 24.1 Å². The topological polar surface area (TPSA) is 88.1 Å². The molecule has 0 radical (unpaired) electrons. The number of carbonyl (C=O) groups is 2. The Morgan fingerprint density at radius 2 is 2.10 bits per heavy atom. The molecule has 1 aromatic carbocycles. The van der Waals surface area contributed by atoms with Crippen LogP contribution < -0.4 is 10.2 Å². The van der Waals surface area contributed by atoms with Gasteiger partial charge in [-0.05, 0) is 42.8 Å². The highest BCUT2D eigenvalue weighted by Crippen LogP contribution is 2.39. The molecule has 0 aromatic heterocycles. The Bertz CT molecular complexity index is 796. The molecule has 1 fully saturated rings. The lowest BCUT2D eigenvalue weighted by Gasteiger charge is -2.40. The van der Waals surface area contributed by atoms with Crippen molar-refractivity contribution >= 4 is 43.5 Å². The van der Waals surface area contributed by atoms with Gasteiger partial charge >= 0.3 is 6.09 Å². The third kappa shape index (κ3) is 4.79. The zero-order valence-corrected chi connectivity index (χ0v) is 19.5. The molecule has 0 aliphatic carbocycles. The summed E-state index contributed by atoms with van der Waals surface area (Å²) in [6.07, 6.45) is -0.840. The highest BCUT2D eigenvalue weighted by molar-refractivity contribution is 8.00. The quantitative estimate of drug-likeness (QED) is 0.657. The van der Waals surface area contributed by atoms with Crippen LogP contribution in [-0.2, 0) is 14.0 Å². The van der Waals surface area contributed by atoms with Crippen molar-refractivity contribution in [1.82, 2.24) is 0 Å². The molecule has 2 atom stereocenters. The molecule has 0 spiro atoms. The minimum Gasteiger partial charge on any atom is -0.441 e. The van der Waals surface area contributed by atoms with E-state index in [1.165, 1.54) is 11.8 Å². The number of aliphatic hydroxyl groups excluding tert-OH is 1. The van der Waals surface area contributed by atoms with Crippen LogP contribution in [-0.4, -0.2) is 56.5 Å². The predicted molar refractivity (Wildman–Crippen MR) is 117 cm³/mol. The number of rotatable bonds is 6. The van der Waals surface area contributed by atoms with Gasteiger partial charge in [-0.15, -0.1) is 11.8 Å². The molecule has 1 aromatic rings. The van der Waals surface area contributed by atoms with Gasteiger partial charge in [-0.1, -0.05) is 20.8 Å². The summed E-state index contributed by atoms with van der Waals surface area (Å²) in [7, 11) is -2.09. The van der Waals surface area contributed by atoms with E-state index in [-0.39, 0.29) is 23.7 Å². The number of carbonyl (C=O) groups excluding carboxylic acids is 2. The first-order chi connectivity index (χ1) is 13.5. The molecular weight excluding hydrogens is 408 g/mol. The Hall–Kier alpha value is -1.55. The summed E-state index contributed by atoms with van der Waals surface area (Å²) in [5, 5.41) is 12.4. The molecule has 160 valence electrons. The molecule has 2 aliphatic rings. The number of aliphatic hydroxyl groups is 1. The Morgan fingerprint density at radius 1 is 1.38 bits per heavy atom. The number of amides is 2. The smallest absolute Gasteiger partial charge is 0.414 e. The second-order valence-corrected chi connectivity index (χ2v) is 14.8. The monoisotopic (exact) mass is 438 g/mol. The van der Waals surface area contributed by atoms with Crippen molar-refractivity contribution < 1.29 is 23.9 Å². The second-order valence-electron chi connectivity index (χ2n) is 8.98. The molecule has 0 saturated carbocycles. The average Bonchev–Trinajstić information content (AvgIpc) is 3.01. The minimum atomic E-state index is -2.09. The average molecular weight is 439 g/mol. The molecule has 1 saturated heterocycles. The number of anilines is 2. The van der Waals surface area contributed by atoms with E-state index in [9.17, 15) is 14.7 Å². The summed E-state index contributed by atoms with van der Waals surface area (Å²) in [5.74, 6) is 0.348. The lowest BCUT2D eigenvalue weighted by atomic mass is 10.1. The molecule has 2 aliphatic heterocycles. The van der Waals surface area contributed by atoms with E-state index in [0.29, 0.717) is 30.1 Å². The van der Waals surface area contributed by atoms with Gasteiger partial charge in [0.2, 0.25) is 5.91 Å². The van der Waals surface area contributed by atoms with Gasteiger partial charge in [0.15, 0.2) is 8.32 Å². The molecule has 9 heteroatoms. The minimum absolute atomic E-state index is 0.0113. The molecule has 0 bridgehead atoms. The van der Waals surface area contributed by atoms with Crippen molar-refractivity contribution in [2.45, 2.75) is 62.4 Å². The van der Waals surface area contributed by atoms with E-state index in [1.807, 2.05) is 12.1 Å². The third-order valence-corrected chi connectivity index (χ3v) is 11.4. The van der Waals surface area contributed by atoms with Gasteiger partial charge in [0.1, 0.15) is 6.10 Å². The number of benzene rings is 1. The predicted octanol–water partition coefficient (Wildman–Crippen LogP) is 3.83. The highest BCUT2D eigenvalue weighted by Gasteiger charge is 2.44. The van der Waals surface area contributed by atoms with Crippen LogP contribution in [0.4, 0.5) is 16.2 Å². The van der Waals surface area contributed by atoms with Crippen molar-refractivity contribution in [1.29, 1.82) is 0 Å². The molecule has 2 N–H and O–H groups in total. The molecule has 29 heavy (non-hydrogen) atoms. The Kier molecular flexibility index (Phi) is 6.33. The number of fused-ring (bicyclic) bond motifs is 1. The van der Waals surface area contributed by atoms with Crippen LogP contribution >= 0.6 is 11.8 Å². The van der Waals surface area contributed by atoms with E-state index < -0.39 is 20.5 Å². The number of nitrogens with zero attached hydrogens (tertiary/aromatic N) is 1. The largest absolute Gasteiger partial charge is 0.441 e. The lowest BCUT2D eigenvalue weighted by Crippen LogP contribution is -2.48. The van der Waals surface area contributed by atoms with Gasteiger partial charge in [-0.25, -0.2) is 4.79 Å². The number of hydrogen-bond acceptors (Lipinski definition) is 6. The SMILES string of the molecule is CC(C)(C)[Si](C)(C)OC(CCO)C1CN(c2ccc3c(c2)NC(=O)CS3)C(=O)O1. The van der Waals surface area contributed by atoms with Crippen molar-refractivity contribution in [2.75, 3.05) is 29.1 Å². The van der Waals surface area contributed by atoms with Crippen molar-refractivity contribution in [3.63, 3.8) is 0 Å². The van der Waals surface area contributed by atoms with Crippen molar-refractivity contribution in [2.24, 2.45) is 0 Å². The normalized spacial score (nSPS) is 20.9. The number of ether oxygens (including phenoxy) is 1. The summed E-state index contributed by atoms with van der Waals surface area (Å²) in [6, 6.07) is 5.58. The summed E-state index contributed by atoms with van der Waals surface area (Å²) < 4.78 is 12.1. The highest BCUT2D eigenvalue weighted by atomic mass is 32.2. The molecule has 7 nitrogen and oxygen atoms in total. The van der Waals surface area contributed by atoms with Crippen LogP contribution in [0.3, 0.4) is 0 Å². The number of cyclic esters (lactones) is 1. The summed E-state index contributed by atoms with van der Waals surface area (Å²) in [6.45, 7) is 11.1. The van der Waals surface area contributed by atoms with Crippen LogP contribution in [0.15, 0.2) is 23.1 Å². The summed E-state index contributed by atoms with van der Waals surface area (Å²) >= 11 is 1.48. The van der Waals surface area contributed by atoms with E-state index in [2.05, 4.69) is 39.2 Å². The van der Waals surface area contributed by atoms with Crippen LogP contribution in [0.5, 0.6) is 0 Å². The first-order valence-electron chi connectivity index (χ1n) is 9.85. The van der Waals surface area contributed by atoms with Crippen LogP contribution in [0.25, 0.3) is 0 Å². The zero-order valence-electron chi connectivity index (χ0n) is 17.7. The van der Waals surface area contributed by atoms with Crippen LogP contribution in [0, 0.1) is 0 Å². The maximum Gasteiger partial charge on any atom is 0.414 e. The zero-order chi connectivity index (χ0) is 21.4. The summed E-state index contributed by atoms with van der Waals surface area (Å²) in [5.41, 5.74) is 1.39. The third-order valence-electron chi connectivity index (χ3n) is 5.82. The van der Waals surface area contributed by atoms with Gasteiger partial charge in [-0.3, -0.25) is 9.69 Å². The first kappa shape index (κ1) is 22.1. The molecule has 2 heterocycles. The standard InChI is InChI=1S/C20H30N2O5SSi/c1-20(2,3)29(4,5)27-15(8-9-23)16-11-22(19(25)26-16)13-6-7-17-14(10-13)21-18(24)12-28-17/h6-7,10,15-16,23H,8-9,11-12H2,1-5H3,(H,21,24). The summed E-state index contributed by atoms with van der Waals surface area (Å²) in [4.78, 5) is 26.8. The second kappa shape index (κ2) is 8.29. The van der Waals surface area contributed by atoms with Gasteiger partial charge in [-0.2, -0.15) is 0 Å². The maximum absolute atomic E-state index is 12.6. The Balaban J connectivity index is 1.77. The van der Waals surface area contributed by atoms with Crippen LogP contribution in [0.1, 0.15) is 27.2 Å². The first-order valence-corrected chi connectivity index (χ1v) is 13.7. The number of hydrogen-bond donors (Lipinski definition) is 2. The van der Waals surface area contributed by atoms with E-state index >= 15 is 0 Å².